The number of nitrogens with two attached hydrogens (primary N) is 1. The summed E-state index contributed by atoms with van der Waals surface area (Å²) in [7, 11) is 0. The number of rotatable bonds is 6. The van der Waals surface area contributed by atoms with Crippen molar-refractivity contribution in [3.8, 4) is 0 Å². The van der Waals surface area contributed by atoms with E-state index in [1.165, 1.54) is 4.90 Å². The molecule has 3 N–H and O–H groups in total. The first-order valence-corrected chi connectivity index (χ1v) is 7.48. The molecule has 0 spiro atoms. The first-order valence-electron chi connectivity index (χ1n) is 6.49. The molecule has 0 bridgehead atoms. The minimum atomic E-state index is -0.219. The predicted molar refractivity (Wildman–Crippen MR) is 81.8 cm³/mol. The molecule has 20 heavy (non-hydrogen) atoms. The van der Waals surface area contributed by atoms with Crippen LogP contribution in [0.4, 0.5) is 5.69 Å². The number of nitrogens with one attached hydrogen (secondary N) is 1. The highest BCUT2D eigenvalue weighted by Crippen LogP contribution is 2.16. The number of carbonyl (C=O) groups excluding carboxylic acids is 1. The van der Waals surface area contributed by atoms with Crippen LogP contribution in [0.3, 0.4) is 0 Å². The Balaban J connectivity index is 1.79. The number of carbonyl (C=O) groups is 1. The zero-order valence-corrected chi connectivity index (χ0v) is 12.2. The highest BCUT2D eigenvalue weighted by molar-refractivity contribution is 7.99. The van der Waals surface area contributed by atoms with Crippen LogP contribution in [0.2, 0.25) is 0 Å². The maximum atomic E-state index is 11.9. The van der Waals surface area contributed by atoms with Crippen molar-refractivity contribution in [3.63, 3.8) is 0 Å². The van der Waals surface area contributed by atoms with Gasteiger partial charge in [-0.3, -0.25) is 9.48 Å². The van der Waals surface area contributed by atoms with Crippen molar-refractivity contribution < 1.29 is 4.79 Å². The van der Waals surface area contributed by atoms with Crippen LogP contribution in [-0.2, 0) is 6.54 Å². The lowest BCUT2D eigenvalue weighted by atomic mass is 10.3. The Kier molecular flexibility index (Phi) is 5.06. The Morgan fingerprint density at radius 3 is 2.80 bits per heavy atom. The number of nitrogens with zero attached hydrogens (tertiary/aromatic N) is 2. The number of aromatic nitrogens is 2. The molecule has 1 amide bonds. The van der Waals surface area contributed by atoms with Crippen LogP contribution in [-0.4, -0.2) is 28.0 Å². The number of thioether (sulfide) groups is 1. The fourth-order valence-corrected chi connectivity index (χ4v) is 2.50. The van der Waals surface area contributed by atoms with E-state index in [2.05, 4.69) is 10.4 Å². The van der Waals surface area contributed by atoms with Crippen LogP contribution >= 0.6 is 11.8 Å². The van der Waals surface area contributed by atoms with Crippen molar-refractivity contribution in [2.45, 2.75) is 18.4 Å². The van der Waals surface area contributed by atoms with Crippen LogP contribution in [0.5, 0.6) is 0 Å². The third-order valence-corrected chi connectivity index (χ3v) is 3.74. The van der Waals surface area contributed by atoms with Crippen molar-refractivity contribution in [1.29, 1.82) is 0 Å². The van der Waals surface area contributed by atoms with Gasteiger partial charge in [0.2, 0.25) is 0 Å². The molecule has 106 valence electrons. The van der Waals surface area contributed by atoms with E-state index < -0.39 is 0 Å². The van der Waals surface area contributed by atoms with Crippen molar-refractivity contribution in [3.05, 3.63) is 42.2 Å². The fourth-order valence-electron chi connectivity index (χ4n) is 1.71. The average molecular weight is 290 g/mol. The highest BCUT2D eigenvalue weighted by Gasteiger charge is 2.13. The molecule has 1 aromatic heterocycles. The second kappa shape index (κ2) is 7.00. The summed E-state index contributed by atoms with van der Waals surface area (Å²) in [6.45, 7) is 3.22. The van der Waals surface area contributed by atoms with Gasteiger partial charge in [0, 0.05) is 29.9 Å². The maximum absolute atomic E-state index is 11.9. The molecule has 2 rings (SSSR count). The molecule has 0 fully saturated rings. The Morgan fingerprint density at radius 1 is 1.40 bits per heavy atom. The molecule has 0 saturated heterocycles. The number of hydrogen-bond donors (Lipinski definition) is 2. The van der Waals surface area contributed by atoms with Gasteiger partial charge in [-0.05, 0) is 19.1 Å². The van der Waals surface area contributed by atoms with Gasteiger partial charge < -0.3 is 11.1 Å². The lowest BCUT2D eigenvalue weighted by Gasteiger charge is -2.04. The highest BCUT2D eigenvalue weighted by atomic mass is 32.2. The molecule has 0 saturated carbocycles. The van der Waals surface area contributed by atoms with Gasteiger partial charge in [0.25, 0.3) is 5.91 Å². The lowest BCUT2D eigenvalue weighted by Crippen LogP contribution is -2.27. The molecule has 0 aliphatic carbocycles. The van der Waals surface area contributed by atoms with Crippen LogP contribution in [0, 0.1) is 0 Å². The summed E-state index contributed by atoms with van der Waals surface area (Å²) in [6, 6.07) is 10.1. The van der Waals surface area contributed by atoms with Crippen LogP contribution in [0.1, 0.15) is 17.4 Å². The van der Waals surface area contributed by atoms with E-state index in [-0.39, 0.29) is 5.91 Å². The summed E-state index contributed by atoms with van der Waals surface area (Å²) in [5.41, 5.74) is 6.48. The van der Waals surface area contributed by atoms with E-state index in [1.54, 1.807) is 22.6 Å². The van der Waals surface area contributed by atoms with Gasteiger partial charge in [-0.25, -0.2) is 0 Å². The Bertz CT molecular complexity index is 568. The van der Waals surface area contributed by atoms with Gasteiger partial charge in [0.1, 0.15) is 0 Å². The average Bonchev–Trinajstić information content (AvgIpc) is 2.86. The summed E-state index contributed by atoms with van der Waals surface area (Å²) in [5.74, 6) is 0.591. The molecule has 1 aromatic carbocycles. The maximum Gasteiger partial charge on any atom is 0.273 e. The summed E-state index contributed by atoms with van der Waals surface area (Å²) < 4.78 is 1.66. The SMILES string of the molecule is CCn1cc(N)c(C(=O)NCCSc2ccccc2)n1. The molecule has 6 heteroatoms. The molecule has 5 nitrogen and oxygen atoms in total. The number of hydrogen-bond acceptors (Lipinski definition) is 4. The van der Waals surface area contributed by atoms with Gasteiger partial charge in [0.15, 0.2) is 5.69 Å². The largest absolute Gasteiger partial charge is 0.396 e. The zero-order valence-electron chi connectivity index (χ0n) is 11.4. The number of nitrogen functional groups attached to an aromatic ring is 1. The van der Waals surface area contributed by atoms with E-state index in [1.807, 2.05) is 37.3 Å². The lowest BCUT2D eigenvalue weighted by molar-refractivity contribution is 0.0951. The molecular weight excluding hydrogens is 272 g/mol. The molecule has 2 aromatic rings. The topological polar surface area (TPSA) is 72.9 Å². The second-order valence-electron chi connectivity index (χ2n) is 4.21. The van der Waals surface area contributed by atoms with Crippen LogP contribution < -0.4 is 11.1 Å². The molecule has 0 aliphatic rings. The summed E-state index contributed by atoms with van der Waals surface area (Å²) >= 11 is 1.70. The number of anilines is 1. The van der Waals surface area contributed by atoms with Crippen molar-refractivity contribution >= 4 is 23.4 Å². The van der Waals surface area contributed by atoms with E-state index in [0.29, 0.717) is 24.5 Å². The minimum Gasteiger partial charge on any atom is -0.396 e. The molecule has 0 unspecified atom stereocenters. The minimum absolute atomic E-state index is 0.219. The third kappa shape index (κ3) is 3.77. The first kappa shape index (κ1) is 14.5. The van der Waals surface area contributed by atoms with E-state index in [0.717, 1.165) is 5.75 Å². The Morgan fingerprint density at radius 2 is 2.15 bits per heavy atom. The summed E-state index contributed by atoms with van der Waals surface area (Å²) in [5, 5.41) is 6.97. The van der Waals surface area contributed by atoms with E-state index >= 15 is 0 Å². The number of aryl methyl sites for hydroxylation is 1. The molecule has 0 aliphatic heterocycles. The molecular formula is C14H18N4OS. The van der Waals surface area contributed by atoms with Gasteiger partial charge in [-0.15, -0.1) is 11.8 Å². The molecule has 1 heterocycles. The van der Waals surface area contributed by atoms with Crippen molar-refractivity contribution in [2.24, 2.45) is 0 Å². The fraction of sp³-hybridized carbons (Fsp3) is 0.286. The molecule has 0 radical (unpaired) electrons. The quantitative estimate of drug-likeness (QED) is 0.630. The van der Waals surface area contributed by atoms with Crippen molar-refractivity contribution in [2.75, 3.05) is 18.0 Å². The Hall–Kier alpha value is -1.95. The van der Waals surface area contributed by atoms with Gasteiger partial charge in [0.05, 0.1) is 5.69 Å². The van der Waals surface area contributed by atoms with Crippen LogP contribution in [0.25, 0.3) is 0 Å². The smallest absolute Gasteiger partial charge is 0.273 e. The van der Waals surface area contributed by atoms with Crippen molar-refractivity contribution in [1.82, 2.24) is 15.1 Å². The molecule has 0 atom stereocenters. The van der Waals surface area contributed by atoms with Crippen LogP contribution in [0.15, 0.2) is 41.4 Å². The predicted octanol–water partition coefficient (Wildman–Crippen LogP) is 2.01. The monoisotopic (exact) mass is 290 g/mol. The standard InChI is InChI=1S/C14H18N4OS/c1-2-18-10-12(15)13(17-18)14(19)16-8-9-20-11-6-4-3-5-7-11/h3-7,10H,2,8-9,15H2,1H3,(H,16,19). The van der Waals surface area contributed by atoms with E-state index in [9.17, 15) is 4.79 Å². The summed E-state index contributed by atoms with van der Waals surface area (Å²) in [6.07, 6.45) is 1.67. The summed E-state index contributed by atoms with van der Waals surface area (Å²) in [4.78, 5) is 13.1. The normalized spacial score (nSPS) is 10.4. The van der Waals surface area contributed by atoms with E-state index in [4.69, 9.17) is 5.73 Å². The van der Waals surface area contributed by atoms with Gasteiger partial charge in [-0.2, -0.15) is 5.10 Å². The second-order valence-corrected chi connectivity index (χ2v) is 5.37. The number of benzene rings is 1. The first-order chi connectivity index (χ1) is 9.70. The number of amides is 1. The van der Waals surface area contributed by atoms with Gasteiger partial charge >= 0.3 is 0 Å². The third-order valence-electron chi connectivity index (χ3n) is 2.73. The Labute approximate surface area is 122 Å². The zero-order chi connectivity index (χ0) is 14.4. The van der Waals surface area contributed by atoms with Gasteiger partial charge in [-0.1, -0.05) is 18.2 Å².